The monoisotopic (exact) mass is 378 g/mol. The van der Waals surface area contributed by atoms with Crippen LogP contribution in [0.25, 0.3) is 5.65 Å². The second-order valence-electron chi connectivity index (χ2n) is 5.50. The molecule has 1 amide bonds. The molecular weight excluding hydrogens is 362 g/mol. The molecular formula is C17H16F2N4O2S. The van der Waals surface area contributed by atoms with E-state index in [9.17, 15) is 18.4 Å². The topological polar surface area (TPSA) is 68.4 Å². The minimum atomic E-state index is -0.937. The van der Waals surface area contributed by atoms with E-state index in [4.69, 9.17) is 0 Å². The Morgan fingerprint density at radius 3 is 2.81 bits per heavy atom. The first-order valence-corrected chi connectivity index (χ1v) is 8.92. The van der Waals surface area contributed by atoms with Crippen molar-refractivity contribution in [3.63, 3.8) is 0 Å². The van der Waals surface area contributed by atoms with Crippen LogP contribution in [0.15, 0.2) is 52.3 Å². The molecule has 0 spiro atoms. The molecule has 3 rings (SSSR count). The quantitative estimate of drug-likeness (QED) is 0.505. The number of nitrogens with zero attached hydrogens (tertiary/aromatic N) is 3. The van der Waals surface area contributed by atoms with Gasteiger partial charge in [0.05, 0.1) is 5.75 Å². The van der Waals surface area contributed by atoms with Crippen LogP contribution in [0.1, 0.15) is 6.42 Å². The van der Waals surface area contributed by atoms with Crippen molar-refractivity contribution in [1.29, 1.82) is 0 Å². The van der Waals surface area contributed by atoms with Crippen LogP contribution >= 0.6 is 11.8 Å². The summed E-state index contributed by atoms with van der Waals surface area (Å²) in [6.45, 7) is 0.772. The van der Waals surface area contributed by atoms with Gasteiger partial charge in [0.15, 0.2) is 17.3 Å². The lowest BCUT2D eigenvalue weighted by Crippen LogP contribution is -2.28. The predicted molar refractivity (Wildman–Crippen MR) is 94.2 cm³/mol. The number of carbonyl (C=O) groups excluding carboxylic acids is 1. The maximum atomic E-state index is 13.1. The zero-order valence-electron chi connectivity index (χ0n) is 13.7. The molecule has 0 bridgehead atoms. The zero-order chi connectivity index (χ0) is 18.5. The summed E-state index contributed by atoms with van der Waals surface area (Å²) in [5.41, 5.74) is 0.352. The van der Waals surface area contributed by atoms with Crippen molar-refractivity contribution in [1.82, 2.24) is 19.5 Å². The van der Waals surface area contributed by atoms with Crippen LogP contribution in [0.3, 0.4) is 0 Å². The minimum absolute atomic E-state index is 0.0966. The fraction of sp³-hybridized carbons (Fsp3) is 0.235. The molecule has 0 atom stereocenters. The molecule has 0 aliphatic rings. The number of thioether (sulfide) groups is 1. The maximum absolute atomic E-state index is 13.1. The van der Waals surface area contributed by atoms with Gasteiger partial charge in [-0.25, -0.2) is 18.3 Å². The number of nitrogens with one attached hydrogen (secondary N) is 1. The zero-order valence-corrected chi connectivity index (χ0v) is 14.5. The molecule has 3 aromatic rings. The number of aryl methyl sites for hydroxylation is 1. The molecule has 0 aliphatic carbocycles. The Labute approximate surface area is 151 Å². The van der Waals surface area contributed by atoms with Crippen LogP contribution in [0.2, 0.25) is 0 Å². The van der Waals surface area contributed by atoms with Gasteiger partial charge in [-0.15, -0.1) is 16.9 Å². The third-order valence-electron chi connectivity index (χ3n) is 3.62. The van der Waals surface area contributed by atoms with Crippen molar-refractivity contribution in [3.8, 4) is 0 Å². The second kappa shape index (κ2) is 8.13. The van der Waals surface area contributed by atoms with Gasteiger partial charge in [-0.3, -0.25) is 9.20 Å². The Kier molecular flexibility index (Phi) is 5.67. The fourth-order valence-corrected chi connectivity index (χ4v) is 3.09. The summed E-state index contributed by atoms with van der Waals surface area (Å²) in [7, 11) is 0. The molecule has 9 heteroatoms. The standard InChI is InChI=1S/C17H16F2N4O2S/c18-13-6-5-12(10-14(13)19)26-11-16(24)20-7-3-9-23-17(25)22-8-2-1-4-15(22)21-23/h1-2,4-6,8,10H,3,7,9,11H2,(H,20,24). The van der Waals surface area contributed by atoms with Crippen molar-refractivity contribution in [2.75, 3.05) is 12.3 Å². The molecule has 26 heavy (non-hydrogen) atoms. The number of rotatable bonds is 7. The van der Waals surface area contributed by atoms with Gasteiger partial charge in [-0.2, -0.15) is 0 Å². The van der Waals surface area contributed by atoms with Crippen molar-refractivity contribution in [2.24, 2.45) is 0 Å². The number of amides is 1. The highest BCUT2D eigenvalue weighted by Gasteiger charge is 2.07. The molecule has 1 aromatic carbocycles. The largest absolute Gasteiger partial charge is 0.355 e. The predicted octanol–water partition coefficient (Wildman–Crippen LogP) is 2.07. The van der Waals surface area contributed by atoms with E-state index in [2.05, 4.69) is 10.4 Å². The van der Waals surface area contributed by atoms with E-state index >= 15 is 0 Å². The van der Waals surface area contributed by atoms with Crippen LogP contribution in [-0.2, 0) is 11.3 Å². The molecule has 0 saturated heterocycles. The summed E-state index contributed by atoms with van der Waals surface area (Å²) in [6, 6.07) is 8.81. The average Bonchev–Trinajstić information content (AvgIpc) is 2.96. The van der Waals surface area contributed by atoms with Gasteiger partial charge < -0.3 is 5.32 Å². The lowest BCUT2D eigenvalue weighted by atomic mass is 10.3. The average molecular weight is 378 g/mol. The summed E-state index contributed by atoms with van der Waals surface area (Å²) in [5, 5.41) is 6.93. The number of hydrogen-bond acceptors (Lipinski definition) is 4. The van der Waals surface area contributed by atoms with E-state index in [1.54, 1.807) is 24.4 Å². The molecule has 0 radical (unpaired) electrons. The first-order chi connectivity index (χ1) is 12.5. The van der Waals surface area contributed by atoms with Crippen molar-refractivity contribution in [2.45, 2.75) is 17.9 Å². The van der Waals surface area contributed by atoms with Gasteiger partial charge in [0.25, 0.3) is 0 Å². The smallest absolute Gasteiger partial charge is 0.350 e. The normalized spacial score (nSPS) is 11.0. The number of halogens is 2. The fourth-order valence-electron chi connectivity index (χ4n) is 2.34. The molecule has 6 nitrogen and oxygen atoms in total. The van der Waals surface area contributed by atoms with Crippen LogP contribution in [0.5, 0.6) is 0 Å². The first kappa shape index (κ1) is 18.1. The highest BCUT2D eigenvalue weighted by molar-refractivity contribution is 8.00. The van der Waals surface area contributed by atoms with Crippen molar-refractivity contribution in [3.05, 3.63) is 64.7 Å². The number of hydrogen-bond donors (Lipinski definition) is 1. The van der Waals surface area contributed by atoms with Crippen molar-refractivity contribution >= 4 is 23.3 Å². The Morgan fingerprint density at radius 2 is 2.04 bits per heavy atom. The summed E-state index contributed by atoms with van der Waals surface area (Å²) < 4.78 is 28.8. The van der Waals surface area contributed by atoms with Gasteiger partial charge in [-0.05, 0) is 36.8 Å². The number of pyridine rings is 1. The molecule has 0 unspecified atom stereocenters. The van der Waals surface area contributed by atoms with Gasteiger partial charge in [0.1, 0.15) is 0 Å². The van der Waals surface area contributed by atoms with E-state index in [0.717, 1.165) is 23.9 Å². The Morgan fingerprint density at radius 1 is 1.19 bits per heavy atom. The number of benzene rings is 1. The maximum Gasteiger partial charge on any atom is 0.350 e. The number of aromatic nitrogens is 3. The lowest BCUT2D eigenvalue weighted by molar-refractivity contribution is -0.118. The summed E-state index contributed by atoms with van der Waals surface area (Å²) in [6.07, 6.45) is 2.20. The molecule has 2 heterocycles. The van der Waals surface area contributed by atoms with E-state index in [-0.39, 0.29) is 17.3 Å². The molecule has 1 N–H and O–H groups in total. The minimum Gasteiger partial charge on any atom is -0.355 e. The Bertz CT molecular complexity index is 986. The third-order valence-corrected chi connectivity index (χ3v) is 4.61. The molecule has 136 valence electrons. The third kappa shape index (κ3) is 4.29. The van der Waals surface area contributed by atoms with Crippen LogP contribution in [0, 0.1) is 11.6 Å². The van der Waals surface area contributed by atoms with Crippen molar-refractivity contribution < 1.29 is 13.6 Å². The summed E-state index contributed by atoms with van der Waals surface area (Å²) in [5.74, 6) is -1.98. The van der Waals surface area contributed by atoms with E-state index in [0.29, 0.717) is 30.1 Å². The van der Waals surface area contributed by atoms with Crippen LogP contribution in [0.4, 0.5) is 8.78 Å². The molecule has 0 saturated carbocycles. The Hall–Kier alpha value is -2.68. The second-order valence-corrected chi connectivity index (χ2v) is 6.55. The van der Waals surface area contributed by atoms with E-state index < -0.39 is 11.6 Å². The van der Waals surface area contributed by atoms with E-state index in [1.165, 1.54) is 15.1 Å². The van der Waals surface area contributed by atoms with Gasteiger partial charge in [0.2, 0.25) is 5.91 Å². The lowest BCUT2D eigenvalue weighted by Gasteiger charge is -2.05. The van der Waals surface area contributed by atoms with E-state index in [1.807, 2.05) is 0 Å². The highest BCUT2D eigenvalue weighted by Crippen LogP contribution is 2.19. The number of carbonyl (C=O) groups is 1. The Balaban J connectivity index is 1.42. The van der Waals surface area contributed by atoms with Gasteiger partial charge in [0, 0.05) is 24.2 Å². The van der Waals surface area contributed by atoms with Crippen LogP contribution < -0.4 is 11.0 Å². The molecule has 2 aromatic heterocycles. The molecule has 0 aliphatic heterocycles. The van der Waals surface area contributed by atoms with Crippen LogP contribution in [-0.4, -0.2) is 32.4 Å². The SMILES string of the molecule is O=C(CSc1ccc(F)c(F)c1)NCCCn1nc2ccccn2c1=O. The van der Waals surface area contributed by atoms with Gasteiger partial charge in [-0.1, -0.05) is 6.07 Å². The first-order valence-electron chi connectivity index (χ1n) is 7.93. The summed E-state index contributed by atoms with van der Waals surface area (Å²) in [4.78, 5) is 24.4. The molecule has 0 fully saturated rings. The highest BCUT2D eigenvalue weighted by atomic mass is 32.2. The summed E-state index contributed by atoms with van der Waals surface area (Å²) >= 11 is 1.12. The number of fused-ring (bicyclic) bond motifs is 1. The van der Waals surface area contributed by atoms with Gasteiger partial charge >= 0.3 is 5.69 Å².